The number of nitrogens with two attached hydrogens (primary N) is 1. The number of aromatic nitrogens is 2. The molecule has 0 aliphatic rings. The Morgan fingerprint density at radius 3 is 2.50 bits per heavy atom. The molecule has 0 fully saturated rings. The summed E-state index contributed by atoms with van der Waals surface area (Å²) in [6.07, 6.45) is 3.19. The van der Waals surface area contributed by atoms with Crippen LogP contribution in [0.3, 0.4) is 0 Å². The van der Waals surface area contributed by atoms with Crippen LogP contribution in [0.2, 0.25) is 0 Å². The van der Waals surface area contributed by atoms with E-state index in [2.05, 4.69) is 15.3 Å². The molecule has 0 bridgehead atoms. The van der Waals surface area contributed by atoms with Crippen LogP contribution in [0.4, 0.5) is 0 Å². The third-order valence-corrected chi connectivity index (χ3v) is 3.87. The molecule has 1 aromatic heterocycles. The zero-order valence-electron chi connectivity index (χ0n) is 11.0. The molecular formula is C13H16N4O2S. The molecule has 1 aromatic carbocycles. The molecular weight excluding hydrogens is 276 g/mol. The van der Waals surface area contributed by atoms with E-state index in [1.54, 1.807) is 18.3 Å². The van der Waals surface area contributed by atoms with Crippen molar-refractivity contribution < 1.29 is 8.42 Å². The normalized spacial score (nSPS) is 13.1. The van der Waals surface area contributed by atoms with Crippen molar-refractivity contribution in [2.24, 2.45) is 5.14 Å². The summed E-state index contributed by atoms with van der Waals surface area (Å²) in [6, 6.07) is 8.42. The van der Waals surface area contributed by atoms with Crippen LogP contribution in [0.25, 0.3) is 0 Å². The summed E-state index contributed by atoms with van der Waals surface area (Å²) < 4.78 is 22.3. The molecule has 0 aliphatic heterocycles. The summed E-state index contributed by atoms with van der Waals surface area (Å²) in [7, 11) is -3.64. The number of sulfonamides is 1. The van der Waals surface area contributed by atoms with E-state index in [4.69, 9.17) is 5.14 Å². The lowest BCUT2D eigenvalue weighted by Gasteiger charge is -2.14. The van der Waals surface area contributed by atoms with E-state index < -0.39 is 10.0 Å². The molecule has 7 heteroatoms. The Balaban J connectivity index is 2.01. The van der Waals surface area contributed by atoms with Crippen LogP contribution < -0.4 is 10.5 Å². The van der Waals surface area contributed by atoms with E-state index in [1.165, 1.54) is 18.5 Å². The van der Waals surface area contributed by atoms with Gasteiger partial charge in [0.1, 0.15) is 6.33 Å². The SMILES string of the molecule is CC(NCc1ccncn1)c1ccc(S(N)(=O)=O)cc1. The highest BCUT2D eigenvalue weighted by atomic mass is 32.2. The molecule has 106 valence electrons. The van der Waals surface area contributed by atoms with E-state index in [0.29, 0.717) is 6.54 Å². The highest BCUT2D eigenvalue weighted by molar-refractivity contribution is 7.89. The van der Waals surface area contributed by atoms with Gasteiger partial charge in [0, 0.05) is 18.8 Å². The first-order chi connectivity index (χ1) is 9.47. The van der Waals surface area contributed by atoms with Crippen molar-refractivity contribution in [2.45, 2.75) is 24.4 Å². The maximum Gasteiger partial charge on any atom is 0.238 e. The van der Waals surface area contributed by atoms with Crippen LogP contribution in [-0.2, 0) is 16.6 Å². The van der Waals surface area contributed by atoms with E-state index in [9.17, 15) is 8.42 Å². The molecule has 6 nitrogen and oxygen atoms in total. The quantitative estimate of drug-likeness (QED) is 0.856. The van der Waals surface area contributed by atoms with Crippen molar-refractivity contribution in [3.8, 4) is 0 Å². The molecule has 0 amide bonds. The largest absolute Gasteiger partial charge is 0.305 e. The molecule has 0 spiro atoms. The van der Waals surface area contributed by atoms with Crippen molar-refractivity contribution in [3.05, 3.63) is 54.1 Å². The second-order valence-electron chi connectivity index (χ2n) is 4.42. The fraction of sp³-hybridized carbons (Fsp3) is 0.231. The lowest BCUT2D eigenvalue weighted by molar-refractivity contribution is 0.566. The summed E-state index contributed by atoms with van der Waals surface area (Å²) in [6.45, 7) is 2.60. The standard InChI is InChI=1S/C13H16N4O2S/c1-10(16-8-12-6-7-15-9-17-12)11-2-4-13(5-3-11)20(14,18)19/h2-7,9-10,16H,8H2,1H3,(H2,14,18,19). The van der Waals surface area contributed by atoms with Crippen molar-refractivity contribution >= 4 is 10.0 Å². The molecule has 20 heavy (non-hydrogen) atoms. The number of hydrogen-bond donors (Lipinski definition) is 2. The highest BCUT2D eigenvalue weighted by Gasteiger charge is 2.09. The predicted octanol–water partition coefficient (Wildman–Crippen LogP) is 0.975. The summed E-state index contributed by atoms with van der Waals surface area (Å²) in [5.41, 5.74) is 1.87. The van der Waals surface area contributed by atoms with E-state index in [-0.39, 0.29) is 10.9 Å². The van der Waals surface area contributed by atoms with Gasteiger partial charge in [0.2, 0.25) is 10.0 Å². The molecule has 0 saturated heterocycles. The molecule has 2 rings (SSSR count). The summed E-state index contributed by atoms with van der Waals surface area (Å²) in [4.78, 5) is 8.09. The van der Waals surface area contributed by atoms with E-state index in [0.717, 1.165) is 11.3 Å². The minimum Gasteiger partial charge on any atom is -0.305 e. The second kappa shape index (κ2) is 6.08. The Bertz CT molecular complexity index is 657. The smallest absolute Gasteiger partial charge is 0.238 e. The minimum atomic E-state index is -3.64. The topological polar surface area (TPSA) is 98.0 Å². The van der Waals surface area contributed by atoms with Crippen molar-refractivity contribution in [1.29, 1.82) is 0 Å². The molecule has 0 radical (unpaired) electrons. The molecule has 3 N–H and O–H groups in total. The van der Waals surface area contributed by atoms with E-state index >= 15 is 0 Å². The molecule has 0 aliphatic carbocycles. The van der Waals surface area contributed by atoms with Crippen LogP contribution in [0, 0.1) is 0 Å². The van der Waals surface area contributed by atoms with Gasteiger partial charge in [-0.1, -0.05) is 12.1 Å². The number of hydrogen-bond acceptors (Lipinski definition) is 5. The summed E-state index contributed by atoms with van der Waals surface area (Å²) in [5.74, 6) is 0. The summed E-state index contributed by atoms with van der Waals surface area (Å²) >= 11 is 0. The zero-order valence-corrected chi connectivity index (χ0v) is 11.8. The first kappa shape index (κ1) is 14.6. The van der Waals surface area contributed by atoms with Gasteiger partial charge in [-0.05, 0) is 30.7 Å². The van der Waals surface area contributed by atoms with Gasteiger partial charge in [0.15, 0.2) is 0 Å². The number of rotatable bonds is 5. The maximum atomic E-state index is 11.2. The van der Waals surface area contributed by atoms with Crippen LogP contribution in [0.15, 0.2) is 47.8 Å². The first-order valence-corrected chi connectivity index (χ1v) is 7.62. The highest BCUT2D eigenvalue weighted by Crippen LogP contribution is 2.15. The number of nitrogens with zero attached hydrogens (tertiary/aromatic N) is 2. The zero-order chi connectivity index (χ0) is 14.6. The first-order valence-electron chi connectivity index (χ1n) is 6.08. The molecule has 1 unspecified atom stereocenters. The average molecular weight is 292 g/mol. The Morgan fingerprint density at radius 1 is 1.25 bits per heavy atom. The lowest BCUT2D eigenvalue weighted by Crippen LogP contribution is -2.19. The monoisotopic (exact) mass is 292 g/mol. The molecule has 1 heterocycles. The van der Waals surface area contributed by atoms with Gasteiger partial charge in [-0.3, -0.25) is 0 Å². The van der Waals surface area contributed by atoms with Crippen LogP contribution in [0.5, 0.6) is 0 Å². The second-order valence-corrected chi connectivity index (χ2v) is 5.98. The Morgan fingerprint density at radius 2 is 1.95 bits per heavy atom. The Labute approximate surface area is 118 Å². The molecule has 2 aromatic rings. The average Bonchev–Trinajstić information content (AvgIpc) is 2.45. The van der Waals surface area contributed by atoms with Crippen molar-refractivity contribution in [2.75, 3.05) is 0 Å². The van der Waals surface area contributed by atoms with Crippen LogP contribution >= 0.6 is 0 Å². The van der Waals surface area contributed by atoms with Gasteiger partial charge >= 0.3 is 0 Å². The molecule has 1 atom stereocenters. The maximum absolute atomic E-state index is 11.2. The van der Waals surface area contributed by atoms with Crippen molar-refractivity contribution in [1.82, 2.24) is 15.3 Å². The van der Waals surface area contributed by atoms with Crippen LogP contribution in [0.1, 0.15) is 24.2 Å². The number of primary sulfonamides is 1. The Kier molecular flexibility index (Phi) is 4.43. The van der Waals surface area contributed by atoms with Gasteiger partial charge in [0.25, 0.3) is 0 Å². The predicted molar refractivity (Wildman–Crippen MR) is 75.1 cm³/mol. The Hall–Kier alpha value is -1.83. The lowest BCUT2D eigenvalue weighted by atomic mass is 10.1. The van der Waals surface area contributed by atoms with Gasteiger partial charge in [0.05, 0.1) is 10.6 Å². The van der Waals surface area contributed by atoms with Gasteiger partial charge in [-0.2, -0.15) is 0 Å². The van der Waals surface area contributed by atoms with Gasteiger partial charge < -0.3 is 5.32 Å². The van der Waals surface area contributed by atoms with Gasteiger partial charge in [-0.25, -0.2) is 23.5 Å². The third kappa shape index (κ3) is 3.83. The summed E-state index contributed by atoms with van der Waals surface area (Å²) in [5, 5.41) is 8.36. The molecule has 0 saturated carbocycles. The number of nitrogens with one attached hydrogen (secondary N) is 1. The number of benzene rings is 1. The fourth-order valence-electron chi connectivity index (χ4n) is 1.74. The van der Waals surface area contributed by atoms with Gasteiger partial charge in [-0.15, -0.1) is 0 Å². The van der Waals surface area contributed by atoms with Crippen LogP contribution in [-0.4, -0.2) is 18.4 Å². The minimum absolute atomic E-state index is 0.0690. The van der Waals surface area contributed by atoms with E-state index in [1.807, 2.05) is 13.0 Å². The van der Waals surface area contributed by atoms with Crippen molar-refractivity contribution in [3.63, 3.8) is 0 Å². The third-order valence-electron chi connectivity index (χ3n) is 2.94. The fourth-order valence-corrected chi connectivity index (χ4v) is 2.26.